The number of methoxy groups -OCH3 is 2. The molecule has 2 amide bonds. The van der Waals surface area contributed by atoms with Gasteiger partial charge in [0.15, 0.2) is 0 Å². The third kappa shape index (κ3) is 5.75. The number of amides is 2. The average molecular weight is 480 g/mol. The largest absolute Gasteiger partial charge is 0.497 e. The summed E-state index contributed by atoms with van der Waals surface area (Å²) in [4.78, 5) is 34.1. The van der Waals surface area contributed by atoms with E-state index in [1.54, 1.807) is 14.2 Å². The third-order valence-corrected chi connectivity index (χ3v) is 6.87. The Morgan fingerprint density at radius 3 is 2.18 bits per heavy atom. The van der Waals surface area contributed by atoms with Gasteiger partial charge in [0.1, 0.15) is 22.2 Å². The topological polar surface area (TPSA) is 72.0 Å². The van der Waals surface area contributed by atoms with Crippen LogP contribution in [0.3, 0.4) is 0 Å². The van der Waals surface area contributed by atoms with Crippen molar-refractivity contribution >= 4 is 23.2 Å². The van der Waals surface area contributed by atoms with Gasteiger partial charge in [-0.25, -0.2) is 4.98 Å². The molecule has 7 nitrogen and oxygen atoms in total. The highest BCUT2D eigenvalue weighted by molar-refractivity contribution is 7.13. The molecule has 8 heteroatoms. The second-order valence-electron chi connectivity index (χ2n) is 8.14. The molecule has 34 heavy (non-hydrogen) atoms. The summed E-state index contributed by atoms with van der Waals surface area (Å²) in [6.07, 6.45) is 1.90. The Labute approximate surface area is 203 Å². The summed E-state index contributed by atoms with van der Waals surface area (Å²) >= 11 is 1.45. The zero-order valence-corrected chi connectivity index (χ0v) is 20.3. The van der Waals surface area contributed by atoms with Gasteiger partial charge in [0.05, 0.1) is 14.2 Å². The van der Waals surface area contributed by atoms with Gasteiger partial charge in [-0.05, 0) is 54.8 Å². The first kappa shape index (κ1) is 23.8. The fourth-order valence-electron chi connectivity index (χ4n) is 3.97. The number of carbonyl (C=O) groups is 2. The number of hydrogen-bond acceptors (Lipinski definition) is 6. The van der Waals surface area contributed by atoms with Gasteiger partial charge in [-0.1, -0.05) is 12.1 Å². The van der Waals surface area contributed by atoms with Crippen molar-refractivity contribution in [2.75, 3.05) is 40.4 Å². The van der Waals surface area contributed by atoms with Crippen LogP contribution in [0.2, 0.25) is 0 Å². The van der Waals surface area contributed by atoms with Gasteiger partial charge < -0.3 is 19.3 Å². The van der Waals surface area contributed by atoms with Crippen LogP contribution >= 0.6 is 11.3 Å². The molecular weight excluding hydrogens is 450 g/mol. The monoisotopic (exact) mass is 479 g/mol. The molecule has 1 aliphatic heterocycles. The van der Waals surface area contributed by atoms with Crippen molar-refractivity contribution < 1.29 is 19.1 Å². The summed E-state index contributed by atoms with van der Waals surface area (Å²) in [7, 11) is 3.27. The summed E-state index contributed by atoms with van der Waals surface area (Å²) in [5.74, 6) is 1.64. The van der Waals surface area contributed by atoms with E-state index in [0.29, 0.717) is 44.7 Å². The fourth-order valence-corrected chi connectivity index (χ4v) is 4.77. The number of rotatable bonds is 7. The first-order valence-corrected chi connectivity index (χ1v) is 12.3. The molecule has 3 aromatic rings. The van der Waals surface area contributed by atoms with Crippen LogP contribution in [0.15, 0.2) is 53.9 Å². The Morgan fingerprint density at radius 1 is 0.882 bits per heavy atom. The van der Waals surface area contributed by atoms with Gasteiger partial charge in [0.25, 0.3) is 5.91 Å². The van der Waals surface area contributed by atoms with Crippen molar-refractivity contribution in [3.8, 4) is 22.1 Å². The molecule has 0 bridgehead atoms. The predicted octanol–water partition coefficient (Wildman–Crippen LogP) is 4.13. The van der Waals surface area contributed by atoms with Crippen molar-refractivity contribution in [2.24, 2.45) is 0 Å². The minimum atomic E-state index is -0.0801. The van der Waals surface area contributed by atoms with Crippen molar-refractivity contribution in [3.05, 3.63) is 65.2 Å². The van der Waals surface area contributed by atoms with Gasteiger partial charge in [-0.15, -0.1) is 11.3 Å². The minimum absolute atomic E-state index is 0.0801. The number of carbonyl (C=O) groups excluding carboxylic acids is 2. The Bertz CT molecular complexity index is 1110. The molecule has 1 fully saturated rings. The highest BCUT2D eigenvalue weighted by Crippen LogP contribution is 2.26. The molecule has 1 aromatic heterocycles. The molecule has 0 spiro atoms. The van der Waals surface area contributed by atoms with Crippen molar-refractivity contribution in [1.29, 1.82) is 0 Å². The number of benzene rings is 2. The van der Waals surface area contributed by atoms with Crippen LogP contribution in [0, 0.1) is 0 Å². The highest BCUT2D eigenvalue weighted by Gasteiger charge is 2.24. The normalized spacial score (nSPS) is 13.9. The first-order chi connectivity index (χ1) is 16.6. The molecule has 0 aliphatic carbocycles. The summed E-state index contributed by atoms with van der Waals surface area (Å²) < 4.78 is 10.4. The molecular formula is C26H29N3O4S. The fraction of sp³-hybridized carbons (Fsp3) is 0.346. The Kier molecular flexibility index (Phi) is 7.80. The van der Waals surface area contributed by atoms with Gasteiger partial charge >= 0.3 is 0 Å². The Hall–Kier alpha value is -3.39. The molecule has 0 unspecified atom stereocenters. The smallest absolute Gasteiger partial charge is 0.273 e. The quantitative estimate of drug-likeness (QED) is 0.509. The second-order valence-corrected chi connectivity index (χ2v) is 9.00. The molecule has 0 atom stereocenters. The zero-order valence-electron chi connectivity index (χ0n) is 19.5. The lowest BCUT2D eigenvalue weighted by Gasteiger charge is -2.22. The lowest BCUT2D eigenvalue weighted by molar-refractivity contribution is -0.131. The number of hydrogen-bond donors (Lipinski definition) is 0. The summed E-state index contributed by atoms with van der Waals surface area (Å²) in [5, 5.41) is 2.61. The number of aromatic nitrogens is 1. The molecule has 1 saturated heterocycles. The van der Waals surface area contributed by atoms with Crippen LogP contribution in [0.4, 0.5) is 0 Å². The molecule has 4 rings (SSSR count). The van der Waals surface area contributed by atoms with E-state index in [1.807, 2.05) is 63.7 Å². The van der Waals surface area contributed by atoms with E-state index in [1.165, 1.54) is 11.3 Å². The maximum Gasteiger partial charge on any atom is 0.273 e. The lowest BCUT2D eigenvalue weighted by Crippen LogP contribution is -2.37. The second kappa shape index (κ2) is 11.2. The number of thiazole rings is 1. The SMILES string of the molecule is COc1ccc(CCC(=O)N2CCCN(C(=O)c3csc(-c4ccc(OC)cc4)n3)CC2)cc1. The molecule has 178 valence electrons. The standard InChI is InChI=1S/C26H29N3O4S/c1-32-21-9-4-19(5-10-21)6-13-24(30)28-14-3-15-29(17-16-28)26(31)23-18-34-25(27-23)20-7-11-22(33-2)12-8-20/h4-5,7-12,18H,3,6,13-17H2,1-2H3. The Morgan fingerprint density at radius 2 is 1.50 bits per heavy atom. The van der Waals surface area contributed by atoms with Crippen LogP contribution in [0.1, 0.15) is 28.9 Å². The van der Waals surface area contributed by atoms with Crippen molar-refractivity contribution in [1.82, 2.24) is 14.8 Å². The van der Waals surface area contributed by atoms with E-state index in [0.717, 1.165) is 34.1 Å². The van der Waals surface area contributed by atoms with E-state index in [4.69, 9.17) is 9.47 Å². The van der Waals surface area contributed by atoms with Crippen LogP contribution in [-0.2, 0) is 11.2 Å². The van der Waals surface area contributed by atoms with Gasteiger partial charge in [-0.3, -0.25) is 9.59 Å². The van der Waals surface area contributed by atoms with E-state index < -0.39 is 0 Å². The summed E-state index contributed by atoms with van der Waals surface area (Å²) in [6.45, 7) is 2.35. The van der Waals surface area contributed by atoms with E-state index >= 15 is 0 Å². The summed E-state index contributed by atoms with van der Waals surface area (Å²) in [5.41, 5.74) is 2.52. The van der Waals surface area contributed by atoms with Crippen molar-refractivity contribution in [3.63, 3.8) is 0 Å². The molecule has 0 radical (unpaired) electrons. The zero-order chi connectivity index (χ0) is 23.9. The van der Waals surface area contributed by atoms with Crippen LogP contribution in [0.25, 0.3) is 10.6 Å². The van der Waals surface area contributed by atoms with E-state index in [2.05, 4.69) is 4.98 Å². The van der Waals surface area contributed by atoms with Crippen LogP contribution in [0.5, 0.6) is 11.5 Å². The maximum atomic E-state index is 13.1. The van der Waals surface area contributed by atoms with E-state index in [-0.39, 0.29) is 11.8 Å². The first-order valence-electron chi connectivity index (χ1n) is 11.4. The number of ether oxygens (including phenoxy) is 2. The molecule has 1 aliphatic rings. The van der Waals surface area contributed by atoms with Gasteiger partial charge in [0, 0.05) is 43.5 Å². The van der Waals surface area contributed by atoms with Gasteiger partial charge in [-0.2, -0.15) is 0 Å². The molecule has 2 heterocycles. The number of aryl methyl sites for hydroxylation is 1. The Balaban J connectivity index is 1.31. The molecule has 0 saturated carbocycles. The highest BCUT2D eigenvalue weighted by atomic mass is 32.1. The number of nitrogens with zero attached hydrogens (tertiary/aromatic N) is 3. The van der Waals surface area contributed by atoms with Crippen LogP contribution < -0.4 is 9.47 Å². The maximum absolute atomic E-state index is 13.1. The third-order valence-electron chi connectivity index (χ3n) is 5.98. The van der Waals surface area contributed by atoms with Crippen LogP contribution in [-0.4, -0.2) is 67.0 Å². The minimum Gasteiger partial charge on any atom is -0.497 e. The lowest BCUT2D eigenvalue weighted by atomic mass is 10.1. The van der Waals surface area contributed by atoms with Gasteiger partial charge in [0.2, 0.25) is 5.91 Å². The van der Waals surface area contributed by atoms with E-state index in [9.17, 15) is 9.59 Å². The average Bonchev–Trinajstić information content (AvgIpc) is 3.25. The van der Waals surface area contributed by atoms with Crippen molar-refractivity contribution in [2.45, 2.75) is 19.3 Å². The summed E-state index contributed by atoms with van der Waals surface area (Å²) in [6, 6.07) is 15.4. The molecule has 0 N–H and O–H groups in total. The predicted molar refractivity (Wildman–Crippen MR) is 133 cm³/mol. The molecule has 2 aromatic carbocycles.